The molecule has 8 nitrogen and oxygen atoms in total. The van der Waals surface area contributed by atoms with Crippen molar-refractivity contribution in [1.29, 1.82) is 0 Å². The third-order valence-electron chi connectivity index (χ3n) is 4.55. The number of aromatic carboxylic acids is 1. The number of carbonyl (C=O) groups is 2. The van der Waals surface area contributed by atoms with Crippen molar-refractivity contribution < 1.29 is 28.9 Å². The Morgan fingerprint density at radius 1 is 1.04 bits per heavy atom. The minimum Gasteiger partial charge on any atom is -0.486 e. The Bertz CT molecular complexity index is 746. The molecule has 3 rings (SSSR count). The zero-order valence-corrected chi connectivity index (χ0v) is 16.6. The highest BCUT2D eigenvalue weighted by molar-refractivity contribution is 5.94. The molecular formula is C20H28N2O6. The molecule has 0 aromatic heterocycles. The van der Waals surface area contributed by atoms with Crippen LogP contribution in [0.2, 0.25) is 0 Å². The van der Waals surface area contributed by atoms with Crippen LogP contribution >= 0.6 is 0 Å². The minimum absolute atomic E-state index is 0.00987. The molecule has 1 aromatic carbocycles. The van der Waals surface area contributed by atoms with Gasteiger partial charge in [0.15, 0.2) is 11.5 Å². The standard InChI is InChI=1S/C20H28N2O6/c1-20(2,3)28-19(25)22-8-6-13(7-9-22)27-16-10-14(18(23)24)15(21)11-17(16)26-12-4-5-12/h10-13H,4-9,21H2,1-3H3,(H,23,24). The molecule has 1 aliphatic heterocycles. The molecular weight excluding hydrogens is 364 g/mol. The number of rotatable bonds is 5. The summed E-state index contributed by atoms with van der Waals surface area (Å²) in [5.74, 6) is -0.256. The first-order valence-electron chi connectivity index (χ1n) is 9.60. The molecule has 28 heavy (non-hydrogen) atoms. The van der Waals surface area contributed by atoms with E-state index in [2.05, 4.69) is 0 Å². The molecule has 0 spiro atoms. The van der Waals surface area contributed by atoms with Crippen LogP contribution in [0.3, 0.4) is 0 Å². The van der Waals surface area contributed by atoms with E-state index in [4.69, 9.17) is 19.9 Å². The summed E-state index contributed by atoms with van der Waals surface area (Å²) in [6, 6.07) is 2.95. The molecule has 2 fully saturated rings. The number of carbonyl (C=O) groups excluding carboxylic acids is 1. The number of carboxylic acid groups (broad SMARTS) is 1. The molecule has 2 aliphatic rings. The van der Waals surface area contributed by atoms with Gasteiger partial charge >= 0.3 is 12.1 Å². The van der Waals surface area contributed by atoms with Crippen molar-refractivity contribution in [1.82, 2.24) is 4.90 Å². The number of benzene rings is 1. The summed E-state index contributed by atoms with van der Waals surface area (Å²) >= 11 is 0. The summed E-state index contributed by atoms with van der Waals surface area (Å²) in [6.45, 7) is 6.54. The van der Waals surface area contributed by atoms with Gasteiger partial charge in [-0.2, -0.15) is 0 Å². The number of nitrogens with zero attached hydrogens (tertiary/aromatic N) is 1. The molecule has 0 bridgehead atoms. The highest BCUT2D eigenvalue weighted by Gasteiger charge is 2.30. The van der Waals surface area contributed by atoms with Crippen molar-refractivity contribution >= 4 is 17.7 Å². The normalized spacial score (nSPS) is 17.9. The zero-order chi connectivity index (χ0) is 20.5. The van der Waals surface area contributed by atoms with E-state index in [9.17, 15) is 14.7 Å². The smallest absolute Gasteiger partial charge is 0.410 e. The molecule has 1 heterocycles. The molecule has 1 saturated carbocycles. The van der Waals surface area contributed by atoms with Gasteiger partial charge < -0.3 is 30.0 Å². The van der Waals surface area contributed by atoms with Gasteiger partial charge in [0, 0.05) is 38.1 Å². The van der Waals surface area contributed by atoms with Gasteiger partial charge in [0.1, 0.15) is 11.7 Å². The monoisotopic (exact) mass is 392 g/mol. The maximum absolute atomic E-state index is 12.2. The Morgan fingerprint density at radius 3 is 2.07 bits per heavy atom. The number of hydrogen-bond acceptors (Lipinski definition) is 6. The SMILES string of the molecule is CC(C)(C)OC(=O)N1CCC(Oc2cc(C(=O)O)c(N)cc2OC2CC2)CC1. The summed E-state index contributed by atoms with van der Waals surface area (Å²) in [5.41, 5.74) is 5.46. The van der Waals surface area contributed by atoms with Crippen LogP contribution in [0.25, 0.3) is 0 Å². The van der Waals surface area contributed by atoms with E-state index in [1.807, 2.05) is 20.8 Å². The highest BCUT2D eigenvalue weighted by atomic mass is 16.6. The van der Waals surface area contributed by atoms with E-state index in [1.54, 1.807) is 4.90 Å². The van der Waals surface area contributed by atoms with E-state index in [-0.39, 0.29) is 29.6 Å². The van der Waals surface area contributed by atoms with E-state index in [0.29, 0.717) is 37.4 Å². The number of carboxylic acids is 1. The number of likely N-dealkylation sites (tertiary alicyclic amines) is 1. The molecule has 8 heteroatoms. The fourth-order valence-electron chi connectivity index (χ4n) is 2.97. The molecule has 3 N–H and O–H groups in total. The predicted molar refractivity (Wildman–Crippen MR) is 103 cm³/mol. The highest BCUT2D eigenvalue weighted by Crippen LogP contribution is 2.38. The van der Waals surface area contributed by atoms with Crippen LogP contribution in [0.1, 0.15) is 56.8 Å². The Balaban J connectivity index is 1.66. The zero-order valence-electron chi connectivity index (χ0n) is 16.6. The summed E-state index contributed by atoms with van der Waals surface area (Å²) in [6.07, 6.45) is 2.83. The fraction of sp³-hybridized carbons (Fsp3) is 0.600. The number of hydrogen-bond donors (Lipinski definition) is 2. The Morgan fingerprint density at radius 2 is 1.57 bits per heavy atom. The molecule has 0 unspecified atom stereocenters. The predicted octanol–water partition coefficient (Wildman–Crippen LogP) is 3.29. The topological polar surface area (TPSA) is 111 Å². The number of ether oxygens (including phenoxy) is 3. The van der Waals surface area contributed by atoms with Crippen molar-refractivity contribution in [3.8, 4) is 11.5 Å². The van der Waals surface area contributed by atoms with Gasteiger partial charge in [0.2, 0.25) is 0 Å². The van der Waals surface area contributed by atoms with Crippen molar-refractivity contribution in [2.75, 3.05) is 18.8 Å². The van der Waals surface area contributed by atoms with Gasteiger partial charge in [-0.05, 0) is 33.6 Å². The van der Waals surface area contributed by atoms with Gasteiger partial charge in [-0.15, -0.1) is 0 Å². The van der Waals surface area contributed by atoms with Gasteiger partial charge in [-0.25, -0.2) is 9.59 Å². The lowest BCUT2D eigenvalue weighted by Crippen LogP contribution is -2.44. The lowest BCUT2D eigenvalue weighted by Gasteiger charge is -2.33. The summed E-state index contributed by atoms with van der Waals surface area (Å²) in [5, 5.41) is 9.34. The van der Waals surface area contributed by atoms with Crippen molar-refractivity contribution in [2.45, 2.75) is 64.3 Å². The molecule has 0 radical (unpaired) electrons. The lowest BCUT2D eigenvalue weighted by molar-refractivity contribution is 0.0123. The number of amides is 1. The summed E-state index contributed by atoms with van der Waals surface area (Å²) in [4.78, 5) is 25.3. The maximum atomic E-state index is 12.2. The van der Waals surface area contributed by atoms with Crippen molar-refractivity contribution in [3.63, 3.8) is 0 Å². The molecule has 1 aromatic rings. The van der Waals surface area contributed by atoms with Crippen LogP contribution in [0.4, 0.5) is 10.5 Å². The van der Waals surface area contributed by atoms with Crippen LogP contribution < -0.4 is 15.2 Å². The molecule has 1 aliphatic carbocycles. The molecule has 1 amide bonds. The van der Waals surface area contributed by atoms with Gasteiger partial charge in [-0.1, -0.05) is 0 Å². The number of anilines is 1. The summed E-state index contributed by atoms with van der Waals surface area (Å²) in [7, 11) is 0. The van der Waals surface area contributed by atoms with E-state index < -0.39 is 11.6 Å². The van der Waals surface area contributed by atoms with E-state index in [0.717, 1.165) is 12.8 Å². The lowest BCUT2D eigenvalue weighted by atomic mass is 10.1. The van der Waals surface area contributed by atoms with Crippen molar-refractivity contribution in [3.05, 3.63) is 17.7 Å². The number of nitrogens with two attached hydrogens (primary N) is 1. The first kappa shape index (κ1) is 20.1. The van der Waals surface area contributed by atoms with E-state index >= 15 is 0 Å². The van der Waals surface area contributed by atoms with Gasteiger partial charge in [0.25, 0.3) is 0 Å². The number of nitrogen functional groups attached to an aromatic ring is 1. The second kappa shape index (κ2) is 7.77. The summed E-state index contributed by atoms with van der Waals surface area (Å²) < 4.78 is 17.3. The quantitative estimate of drug-likeness (QED) is 0.740. The average molecular weight is 392 g/mol. The van der Waals surface area contributed by atoms with Crippen LogP contribution in [0, 0.1) is 0 Å². The van der Waals surface area contributed by atoms with Gasteiger partial charge in [-0.3, -0.25) is 0 Å². The van der Waals surface area contributed by atoms with Crippen molar-refractivity contribution in [2.24, 2.45) is 0 Å². The first-order chi connectivity index (χ1) is 13.1. The second-order valence-corrected chi connectivity index (χ2v) is 8.29. The first-order valence-corrected chi connectivity index (χ1v) is 9.60. The van der Waals surface area contributed by atoms with Crippen LogP contribution in [-0.4, -0.2) is 53.0 Å². The molecule has 0 atom stereocenters. The van der Waals surface area contributed by atoms with Crippen LogP contribution in [0.5, 0.6) is 11.5 Å². The maximum Gasteiger partial charge on any atom is 0.410 e. The van der Waals surface area contributed by atoms with Crippen LogP contribution in [0.15, 0.2) is 12.1 Å². The second-order valence-electron chi connectivity index (χ2n) is 8.29. The molecule has 1 saturated heterocycles. The Hall–Kier alpha value is -2.64. The van der Waals surface area contributed by atoms with Crippen LogP contribution in [-0.2, 0) is 4.74 Å². The average Bonchev–Trinajstić information content (AvgIpc) is 3.40. The fourth-order valence-corrected chi connectivity index (χ4v) is 2.97. The third-order valence-corrected chi connectivity index (χ3v) is 4.55. The van der Waals surface area contributed by atoms with E-state index in [1.165, 1.54) is 12.1 Å². The minimum atomic E-state index is -1.11. The Labute approximate surface area is 164 Å². The van der Waals surface area contributed by atoms with Gasteiger partial charge in [0.05, 0.1) is 17.4 Å². The number of piperidine rings is 1. The largest absolute Gasteiger partial charge is 0.486 e. The Kier molecular flexibility index (Phi) is 5.58. The molecule has 154 valence electrons. The third kappa shape index (κ3) is 5.21.